The summed E-state index contributed by atoms with van der Waals surface area (Å²) in [7, 11) is 0. The van der Waals surface area contributed by atoms with Crippen molar-refractivity contribution in [1.82, 2.24) is 10.2 Å². The van der Waals surface area contributed by atoms with Crippen LogP contribution in [0.3, 0.4) is 0 Å². The summed E-state index contributed by atoms with van der Waals surface area (Å²) in [6.45, 7) is 1.98. The van der Waals surface area contributed by atoms with Gasteiger partial charge >= 0.3 is 0 Å². The molecule has 7 heteroatoms. The van der Waals surface area contributed by atoms with Crippen molar-refractivity contribution in [3.8, 4) is 11.5 Å². The number of aromatic nitrogens is 2. The molecule has 22 heavy (non-hydrogen) atoms. The quantitative estimate of drug-likeness (QED) is 0.491. The second kappa shape index (κ2) is 6.64. The first-order valence-corrected chi connectivity index (χ1v) is 8.62. The lowest BCUT2D eigenvalue weighted by Gasteiger charge is -1.95. The van der Waals surface area contributed by atoms with Crippen LogP contribution in [0.4, 0.5) is 0 Å². The van der Waals surface area contributed by atoms with Crippen LogP contribution >= 0.6 is 34.7 Å². The van der Waals surface area contributed by atoms with Crippen molar-refractivity contribution in [2.45, 2.75) is 12.1 Å². The fourth-order valence-electron chi connectivity index (χ4n) is 1.79. The van der Waals surface area contributed by atoms with Crippen LogP contribution in [0.15, 0.2) is 46.0 Å². The van der Waals surface area contributed by atoms with Crippen molar-refractivity contribution in [2.75, 3.05) is 5.75 Å². The SMILES string of the molecule is Cc1ccc(C(=O)CSc2nnc(-c3cccc(Cl)c3)o2)s1. The Bertz CT molecular complexity index is 813. The summed E-state index contributed by atoms with van der Waals surface area (Å²) in [6, 6.07) is 11.0. The zero-order valence-corrected chi connectivity index (χ0v) is 14.0. The Morgan fingerprint density at radius 2 is 2.18 bits per heavy atom. The Morgan fingerprint density at radius 3 is 2.91 bits per heavy atom. The van der Waals surface area contributed by atoms with E-state index in [4.69, 9.17) is 16.0 Å². The topological polar surface area (TPSA) is 56.0 Å². The highest BCUT2D eigenvalue weighted by Gasteiger charge is 2.13. The van der Waals surface area contributed by atoms with Crippen LogP contribution < -0.4 is 0 Å². The maximum Gasteiger partial charge on any atom is 0.277 e. The van der Waals surface area contributed by atoms with E-state index in [9.17, 15) is 4.79 Å². The van der Waals surface area contributed by atoms with E-state index in [-0.39, 0.29) is 11.5 Å². The smallest absolute Gasteiger partial charge is 0.277 e. The molecule has 2 heterocycles. The number of rotatable bonds is 5. The molecule has 0 radical (unpaired) electrons. The molecular weight excluding hydrogens is 340 g/mol. The minimum Gasteiger partial charge on any atom is -0.411 e. The average molecular weight is 351 g/mol. The lowest BCUT2D eigenvalue weighted by Crippen LogP contribution is -1.99. The molecule has 2 aromatic heterocycles. The van der Waals surface area contributed by atoms with E-state index in [1.807, 2.05) is 31.2 Å². The Labute approximate surface area is 140 Å². The predicted molar refractivity (Wildman–Crippen MR) is 88.9 cm³/mol. The van der Waals surface area contributed by atoms with Gasteiger partial charge in [-0.25, -0.2) is 0 Å². The van der Waals surface area contributed by atoms with E-state index < -0.39 is 0 Å². The van der Waals surface area contributed by atoms with Crippen molar-refractivity contribution in [3.63, 3.8) is 0 Å². The number of thioether (sulfide) groups is 1. The van der Waals surface area contributed by atoms with Gasteiger partial charge in [-0.2, -0.15) is 0 Å². The molecule has 3 aromatic rings. The number of aryl methyl sites for hydroxylation is 1. The number of hydrogen-bond donors (Lipinski definition) is 0. The van der Waals surface area contributed by atoms with Gasteiger partial charge in [0.05, 0.1) is 10.6 Å². The number of hydrogen-bond acceptors (Lipinski definition) is 6. The second-order valence-electron chi connectivity index (χ2n) is 4.51. The fourth-order valence-corrected chi connectivity index (χ4v) is 3.52. The van der Waals surface area contributed by atoms with Crippen molar-refractivity contribution >= 4 is 40.5 Å². The summed E-state index contributed by atoms with van der Waals surface area (Å²) in [5.41, 5.74) is 0.757. The molecule has 0 N–H and O–H groups in total. The maximum atomic E-state index is 12.0. The number of thiophene rings is 1. The third-order valence-corrected chi connectivity index (χ3v) is 4.92. The maximum absolute atomic E-state index is 12.0. The number of nitrogens with zero attached hydrogens (tertiary/aromatic N) is 2. The lowest BCUT2D eigenvalue weighted by molar-refractivity contribution is 0.102. The highest BCUT2D eigenvalue weighted by Crippen LogP contribution is 2.26. The molecule has 0 fully saturated rings. The van der Waals surface area contributed by atoms with Gasteiger partial charge in [0, 0.05) is 15.5 Å². The summed E-state index contributed by atoms with van der Waals surface area (Å²) >= 11 is 8.66. The van der Waals surface area contributed by atoms with Crippen LogP contribution in [-0.4, -0.2) is 21.7 Å². The normalized spacial score (nSPS) is 10.8. The van der Waals surface area contributed by atoms with Crippen LogP contribution in [0.5, 0.6) is 0 Å². The fraction of sp³-hybridized carbons (Fsp3) is 0.133. The molecule has 0 bridgehead atoms. The molecule has 0 amide bonds. The number of halogens is 1. The molecule has 0 saturated heterocycles. The van der Waals surface area contributed by atoms with Crippen molar-refractivity contribution in [3.05, 3.63) is 51.2 Å². The molecule has 0 unspecified atom stereocenters. The molecule has 112 valence electrons. The molecule has 0 aliphatic rings. The van der Waals surface area contributed by atoms with Crippen LogP contribution in [-0.2, 0) is 0 Å². The van der Waals surface area contributed by atoms with Crippen molar-refractivity contribution < 1.29 is 9.21 Å². The second-order valence-corrected chi connectivity index (χ2v) is 7.16. The first-order chi connectivity index (χ1) is 10.6. The molecule has 4 nitrogen and oxygen atoms in total. The highest BCUT2D eigenvalue weighted by atomic mass is 35.5. The molecule has 0 aliphatic heterocycles. The average Bonchev–Trinajstić information content (AvgIpc) is 3.14. The third kappa shape index (κ3) is 3.58. The molecule has 1 aromatic carbocycles. The van der Waals surface area contributed by atoms with Crippen LogP contribution in [0.1, 0.15) is 14.5 Å². The summed E-state index contributed by atoms with van der Waals surface area (Å²) < 4.78 is 5.55. The molecule has 0 aliphatic carbocycles. The monoisotopic (exact) mass is 350 g/mol. The van der Waals surface area contributed by atoms with Crippen molar-refractivity contribution in [2.24, 2.45) is 0 Å². The Hall–Kier alpha value is -1.63. The predicted octanol–water partition coefficient (Wildman–Crippen LogP) is 4.73. The Balaban J connectivity index is 1.66. The summed E-state index contributed by atoms with van der Waals surface area (Å²) in [6.07, 6.45) is 0. The lowest BCUT2D eigenvalue weighted by atomic mass is 10.2. The number of ketones is 1. The van der Waals surface area contributed by atoms with Crippen molar-refractivity contribution in [1.29, 1.82) is 0 Å². The molecule has 0 saturated carbocycles. The highest BCUT2D eigenvalue weighted by molar-refractivity contribution is 7.99. The van der Waals surface area contributed by atoms with Gasteiger partial charge in [-0.05, 0) is 37.3 Å². The van der Waals surface area contributed by atoms with E-state index >= 15 is 0 Å². The van der Waals surface area contributed by atoms with E-state index in [0.717, 1.165) is 15.3 Å². The summed E-state index contributed by atoms with van der Waals surface area (Å²) in [5, 5.41) is 8.90. The third-order valence-electron chi connectivity index (χ3n) is 2.82. The van der Waals surface area contributed by atoms with Gasteiger partial charge in [0.25, 0.3) is 5.22 Å². The first-order valence-electron chi connectivity index (χ1n) is 6.44. The van der Waals surface area contributed by atoms with E-state index in [1.54, 1.807) is 12.1 Å². The zero-order valence-electron chi connectivity index (χ0n) is 11.6. The summed E-state index contributed by atoms with van der Waals surface area (Å²) in [5.74, 6) is 0.729. The Morgan fingerprint density at radius 1 is 1.32 bits per heavy atom. The molecular formula is C15H11ClN2O2S2. The van der Waals surface area contributed by atoms with Crippen LogP contribution in [0, 0.1) is 6.92 Å². The van der Waals surface area contributed by atoms with Crippen LogP contribution in [0.25, 0.3) is 11.5 Å². The van der Waals surface area contributed by atoms with Gasteiger partial charge in [-0.1, -0.05) is 29.4 Å². The van der Waals surface area contributed by atoms with Gasteiger partial charge in [0.1, 0.15) is 0 Å². The van der Waals surface area contributed by atoms with Gasteiger partial charge in [-0.15, -0.1) is 21.5 Å². The first kappa shape index (κ1) is 15.3. The molecule has 3 rings (SSSR count). The molecule has 0 spiro atoms. The number of Topliss-reactive ketones (excluding diaryl/α,β-unsaturated/α-hetero) is 1. The summed E-state index contributed by atoms with van der Waals surface area (Å²) in [4.78, 5) is 13.9. The number of carbonyl (C=O) groups is 1. The van der Waals surface area contributed by atoms with Gasteiger partial charge in [0.2, 0.25) is 5.89 Å². The van der Waals surface area contributed by atoms with Gasteiger partial charge < -0.3 is 4.42 Å². The standard InChI is InChI=1S/C15H11ClN2O2S2/c1-9-5-6-13(22-9)12(19)8-21-15-18-17-14(20-15)10-3-2-4-11(16)7-10/h2-7H,8H2,1H3. The minimum absolute atomic E-state index is 0.0607. The minimum atomic E-state index is 0.0607. The van der Waals surface area contributed by atoms with E-state index in [0.29, 0.717) is 16.1 Å². The van der Waals surface area contributed by atoms with Crippen LogP contribution in [0.2, 0.25) is 5.02 Å². The van der Waals surface area contributed by atoms with E-state index in [2.05, 4.69) is 10.2 Å². The number of benzene rings is 1. The number of carbonyl (C=O) groups excluding carboxylic acids is 1. The largest absolute Gasteiger partial charge is 0.411 e. The Kier molecular flexibility index (Phi) is 4.61. The van der Waals surface area contributed by atoms with Gasteiger partial charge in [0.15, 0.2) is 5.78 Å². The van der Waals surface area contributed by atoms with Gasteiger partial charge in [-0.3, -0.25) is 4.79 Å². The van der Waals surface area contributed by atoms with E-state index in [1.165, 1.54) is 23.1 Å². The zero-order chi connectivity index (χ0) is 15.5. The molecule has 0 atom stereocenters.